The molecule has 4 nitrogen and oxygen atoms in total. The summed E-state index contributed by atoms with van der Waals surface area (Å²) in [6.07, 6.45) is 3.35. The van der Waals surface area contributed by atoms with E-state index < -0.39 is 0 Å². The summed E-state index contributed by atoms with van der Waals surface area (Å²) in [6, 6.07) is 9.97. The predicted octanol–water partition coefficient (Wildman–Crippen LogP) is 6.22. The molecule has 2 aromatic carbocycles. The molecular weight excluding hydrogens is 350 g/mol. The van der Waals surface area contributed by atoms with E-state index >= 15 is 0 Å². The Hall–Kier alpha value is -3.01. The molecule has 28 heavy (non-hydrogen) atoms. The number of hydrogen-bond acceptors (Lipinski definition) is 3. The molecule has 1 amide bonds. The van der Waals surface area contributed by atoms with Gasteiger partial charge in [0.15, 0.2) is 0 Å². The molecule has 3 rings (SSSR count). The zero-order valence-corrected chi connectivity index (χ0v) is 17.3. The quantitative estimate of drug-likeness (QED) is 0.537. The summed E-state index contributed by atoms with van der Waals surface area (Å²) >= 11 is 0. The summed E-state index contributed by atoms with van der Waals surface area (Å²) in [6.45, 7) is 10.2. The van der Waals surface area contributed by atoms with E-state index in [-0.39, 0.29) is 5.91 Å². The molecule has 0 aliphatic carbocycles. The van der Waals surface area contributed by atoms with Crippen LogP contribution in [0, 0.1) is 13.8 Å². The molecule has 0 aliphatic rings. The second-order valence-corrected chi connectivity index (χ2v) is 7.47. The Morgan fingerprint density at radius 2 is 1.86 bits per heavy atom. The van der Waals surface area contributed by atoms with Crippen LogP contribution in [0.5, 0.6) is 5.75 Å². The summed E-state index contributed by atoms with van der Waals surface area (Å²) in [5, 5.41) is 3.96. The van der Waals surface area contributed by atoms with E-state index in [0.717, 1.165) is 44.7 Å². The highest BCUT2D eigenvalue weighted by molar-refractivity contribution is 6.05. The summed E-state index contributed by atoms with van der Waals surface area (Å²) in [5.74, 6) is 1.02. The van der Waals surface area contributed by atoms with E-state index in [0.29, 0.717) is 5.92 Å². The first kappa shape index (κ1) is 19.7. The molecule has 0 saturated heterocycles. The lowest BCUT2D eigenvalue weighted by molar-refractivity contribution is -0.111. The van der Waals surface area contributed by atoms with Crippen LogP contribution < -0.4 is 10.1 Å². The third-order valence-corrected chi connectivity index (χ3v) is 5.06. The van der Waals surface area contributed by atoms with E-state index in [1.807, 2.05) is 51.1 Å². The van der Waals surface area contributed by atoms with E-state index in [4.69, 9.17) is 9.15 Å². The number of ether oxygens (including phenoxy) is 1. The maximum absolute atomic E-state index is 12.5. The lowest BCUT2D eigenvalue weighted by Crippen LogP contribution is -2.09. The normalized spacial score (nSPS) is 11.9. The second-order valence-electron chi connectivity index (χ2n) is 7.47. The Morgan fingerprint density at radius 1 is 1.18 bits per heavy atom. The minimum atomic E-state index is -0.168. The predicted molar refractivity (Wildman–Crippen MR) is 115 cm³/mol. The summed E-state index contributed by atoms with van der Waals surface area (Å²) in [4.78, 5) is 12.5. The zero-order chi connectivity index (χ0) is 20.4. The largest absolute Gasteiger partial charge is 0.496 e. The SMILES string of the molecule is COc1c(/C(C)=C/C(=O)Nc2ccc(C(C)C)cc2)cc2c(C)coc2c1C. The van der Waals surface area contributed by atoms with E-state index in [2.05, 4.69) is 19.2 Å². The minimum absolute atomic E-state index is 0.168. The molecule has 4 heteroatoms. The minimum Gasteiger partial charge on any atom is -0.496 e. The van der Waals surface area contributed by atoms with Crippen LogP contribution >= 0.6 is 0 Å². The van der Waals surface area contributed by atoms with Gasteiger partial charge in [-0.25, -0.2) is 0 Å². The molecule has 0 aliphatic heterocycles. The number of aryl methyl sites for hydroxylation is 2. The van der Waals surface area contributed by atoms with Crippen molar-refractivity contribution in [1.29, 1.82) is 0 Å². The van der Waals surface area contributed by atoms with Crippen LogP contribution in [0.4, 0.5) is 5.69 Å². The van der Waals surface area contributed by atoms with Gasteiger partial charge in [0.1, 0.15) is 11.3 Å². The van der Waals surface area contributed by atoms with Gasteiger partial charge in [0.05, 0.1) is 13.4 Å². The van der Waals surface area contributed by atoms with Gasteiger partial charge in [-0.1, -0.05) is 26.0 Å². The van der Waals surface area contributed by atoms with Crippen LogP contribution in [-0.2, 0) is 4.79 Å². The maximum atomic E-state index is 12.5. The van der Waals surface area contributed by atoms with Crippen molar-refractivity contribution in [1.82, 2.24) is 0 Å². The van der Waals surface area contributed by atoms with E-state index in [9.17, 15) is 4.79 Å². The lowest BCUT2D eigenvalue weighted by atomic mass is 9.98. The van der Waals surface area contributed by atoms with Gasteiger partial charge < -0.3 is 14.5 Å². The third-order valence-electron chi connectivity index (χ3n) is 5.06. The second kappa shape index (κ2) is 7.93. The molecule has 0 fully saturated rings. The molecular formula is C24H27NO3. The van der Waals surface area contributed by atoms with Gasteiger partial charge in [-0.3, -0.25) is 4.79 Å². The zero-order valence-electron chi connectivity index (χ0n) is 17.3. The molecule has 0 spiro atoms. The number of hydrogen-bond donors (Lipinski definition) is 1. The Bertz CT molecular complexity index is 1040. The van der Waals surface area contributed by atoms with E-state index in [1.165, 1.54) is 5.56 Å². The fraction of sp³-hybridized carbons (Fsp3) is 0.292. The van der Waals surface area contributed by atoms with Crippen molar-refractivity contribution in [2.75, 3.05) is 12.4 Å². The smallest absolute Gasteiger partial charge is 0.248 e. The molecule has 146 valence electrons. The first-order chi connectivity index (χ1) is 13.3. The van der Waals surface area contributed by atoms with Gasteiger partial charge in [0.25, 0.3) is 0 Å². The summed E-state index contributed by atoms with van der Waals surface area (Å²) in [5.41, 5.74) is 6.56. The van der Waals surface area contributed by atoms with Crippen molar-refractivity contribution in [3.8, 4) is 5.75 Å². The van der Waals surface area contributed by atoms with Gasteiger partial charge >= 0.3 is 0 Å². The van der Waals surface area contributed by atoms with Gasteiger partial charge in [-0.15, -0.1) is 0 Å². The summed E-state index contributed by atoms with van der Waals surface area (Å²) in [7, 11) is 1.64. The van der Waals surface area contributed by atoms with Crippen molar-refractivity contribution in [2.24, 2.45) is 0 Å². The summed E-state index contributed by atoms with van der Waals surface area (Å²) < 4.78 is 11.3. The van der Waals surface area contributed by atoms with Crippen LogP contribution in [-0.4, -0.2) is 13.0 Å². The molecule has 1 aromatic heterocycles. The first-order valence-corrected chi connectivity index (χ1v) is 9.46. The lowest BCUT2D eigenvalue weighted by Gasteiger charge is -2.13. The Balaban J connectivity index is 1.90. The molecule has 0 atom stereocenters. The van der Waals surface area contributed by atoms with Gasteiger partial charge in [-0.05, 0) is 61.6 Å². The average Bonchev–Trinajstić information content (AvgIpc) is 3.03. The Morgan fingerprint density at radius 3 is 2.46 bits per heavy atom. The van der Waals surface area contributed by atoms with Crippen LogP contribution in [0.25, 0.3) is 16.5 Å². The first-order valence-electron chi connectivity index (χ1n) is 9.46. The van der Waals surface area contributed by atoms with Crippen molar-refractivity contribution in [3.63, 3.8) is 0 Å². The number of carbonyl (C=O) groups excluding carboxylic acids is 1. The standard InChI is InChI=1S/C24H27NO3/c1-14(2)18-7-9-19(10-8-18)25-22(26)11-15(3)20-12-21-16(4)13-28-24(21)17(5)23(20)27-6/h7-14H,1-6H3,(H,25,26)/b15-11+. The monoisotopic (exact) mass is 377 g/mol. The van der Waals surface area contributed by atoms with Crippen molar-refractivity contribution in [2.45, 2.75) is 40.5 Å². The van der Waals surface area contributed by atoms with Gasteiger partial charge in [0, 0.05) is 28.3 Å². The highest BCUT2D eigenvalue weighted by Crippen LogP contribution is 2.37. The Labute approximate surface area is 166 Å². The van der Waals surface area contributed by atoms with Gasteiger partial charge in [-0.2, -0.15) is 0 Å². The fourth-order valence-corrected chi connectivity index (χ4v) is 3.40. The molecule has 0 saturated carbocycles. The number of benzene rings is 2. The number of allylic oxidation sites excluding steroid dienone is 1. The number of furan rings is 1. The van der Waals surface area contributed by atoms with Crippen molar-refractivity contribution >= 4 is 28.1 Å². The molecule has 0 bridgehead atoms. The highest BCUT2D eigenvalue weighted by atomic mass is 16.5. The fourth-order valence-electron chi connectivity index (χ4n) is 3.40. The maximum Gasteiger partial charge on any atom is 0.248 e. The van der Waals surface area contributed by atoms with E-state index in [1.54, 1.807) is 19.4 Å². The number of anilines is 1. The number of nitrogens with one attached hydrogen (secondary N) is 1. The Kier molecular flexibility index (Phi) is 5.59. The van der Waals surface area contributed by atoms with Crippen molar-refractivity contribution < 1.29 is 13.9 Å². The molecule has 1 heterocycles. The van der Waals surface area contributed by atoms with Crippen LogP contribution in [0.15, 0.2) is 47.1 Å². The van der Waals surface area contributed by atoms with Crippen LogP contribution in [0.2, 0.25) is 0 Å². The molecule has 3 aromatic rings. The number of amides is 1. The third kappa shape index (κ3) is 3.81. The molecule has 1 N–H and O–H groups in total. The molecule has 0 unspecified atom stereocenters. The average molecular weight is 377 g/mol. The van der Waals surface area contributed by atoms with Crippen LogP contribution in [0.1, 0.15) is 48.9 Å². The number of carbonyl (C=O) groups is 1. The van der Waals surface area contributed by atoms with Crippen molar-refractivity contribution in [3.05, 3.63) is 64.9 Å². The van der Waals surface area contributed by atoms with Gasteiger partial charge in [0.2, 0.25) is 5.91 Å². The van der Waals surface area contributed by atoms with Crippen LogP contribution in [0.3, 0.4) is 0 Å². The number of fused-ring (bicyclic) bond motifs is 1. The highest BCUT2D eigenvalue weighted by Gasteiger charge is 2.16. The topological polar surface area (TPSA) is 51.5 Å². The number of methoxy groups -OCH3 is 1. The molecule has 0 radical (unpaired) electrons. The number of rotatable bonds is 5.